The van der Waals surface area contributed by atoms with Crippen LogP contribution in [0.15, 0.2) is 12.4 Å². The Balaban J connectivity index is 1.73. The number of rotatable bonds is 5. The average molecular weight is 294 g/mol. The van der Waals surface area contributed by atoms with E-state index in [0.29, 0.717) is 18.5 Å². The molecule has 21 heavy (non-hydrogen) atoms. The summed E-state index contributed by atoms with van der Waals surface area (Å²) in [4.78, 5) is 11.7. The monoisotopic (exact) mass is 294 g/mol. The molecule has 1 fully saturated rings. The third-order valence-corrected chi connectivity index (χ3v) is 3.69. The fourth-order valence-corrected chi connectivity index (χ4v) is 2.70. The second-order valence-electron chi connectivity index (χ2n) is 6.67. The van der Waals surface area contributed by atoms with Crippen LogP contribution in [0.25, 0.3) is 0 Å². The van der Waals surface area contributed by atoms with Gasteiger partial charge in [-0.15, -0.1) is 0 Å². The third-order valence-electron chi connectivity index (χ3n) is 3.69. The SMILES string of the molecule is CC(C)(C)OC(=O)NCC1CCCC1NCc1cn[nH]c1. The van der Waals surface area contributed by atoms with Crippen molar-refractivity contribution < 1.29 is 9.53 Å². The highest BCUT2D eigenvalue weighted by atomic mass is 16.6. The molecule has 118 valence electrons. The Morgan fingerprint density at radius 1 is 1.48 bits per heavy atom. The van der Waals surface area contributed by atoms with Crippen molar-refractivity contribution in [1.29, 1.82) is 0 Å². The average Bonchev–Trinajstić information content (AvgIpc) is 3.03. The quantitative estimate of drug-likeness (QED) is 0.778. The summed E-state index contributed by atoms with van der Waals surface area (Å²) in [7, 11) is 0. The van der Waals surface area contributed by atoms with E-state index < -0.39 is 5.60 Å². The topological polar surface area (TPSA) is 79.0 Å². The van der Waals surface area contributed by atoms with Crippen molar-refractivity contribution in [2.24, 2.45) is 5.92 Å². The van der Waals surface area contributed by atoms with Crippen LogP contribution in [-0.2, 0) is 11.3 Å². The van der Waals surface area contributed by atoms with Crippen LogP contribution in [0.4, 0.5) is 4.79 Å². The molecule has 1 amide bonds. The Hall–Kier alpha value is -1.56. The van der Waals surface area contributed by atoms with Gasteiger partial charge in [-0.05, 0) is 39.5 Å². The smallest absolute Gasteiger partial charge is 0.407 e. The van der Waals surface area contributed by atoms with E-state index in [1.54, 1.807) is 0 Å². The second-order valence-corrected chi connectivity index (χ2v) is 6.67. The maximum Gasteiger partial charge on any atom is 0.407 e. The van der Waals surface area contributed by atoms with Crippen LogP contribution in [0.1, 0.15) is 45.6 Å². The van der Waals surface area contributed by atoms with E-state index in [1.165, 1.54) is 6.42 Å². The predicted octanol–water partition coefficient (Wildman–Crippen LogP) is 2.19. The molecule has 2 rings (SSSR count). The van der Waals surface area contributed by atoms with Crippen molar-refractivity contribution in [2.75, 3.05) is 6.54 Å². The van der Waals surface area contributed by atoms with Gasteiger partial charge >= 0.3 is 6.09 Å². The standard InChI is InChI=1S/C15H26N4O2/c1-15(2,3)21-14(20)17-10-12-5-4-6-13(12)16-7-11-8-18-19-9-11/h8-9,12-13,16H,4-7,10H2,1-3H3,(H,17,20)(H,18,19). The number of hydrogen-bond acceptors (Lipinski definition) is 4. The number of H-pyrrole nitrogens is 1. The second kappa shape index (κ2) is 6.93. The molecule has 6 heteroatoms. The van der Waals surface area contributed by atoms with Crippen molar-refractivity contribution in [3.8, 4) is 0 Å². The Morgan fingerprint density at radius 2 is 2.29 bits per heavy atom. The maximum atomic E-state index is 11.7. The fourth-order valence-electron chi connectivity index (χ4n) is 2.70. The number of nitrogens with zero attached hydrogens (tertiary/aromatic N) is 1. The van der Waals surface area contributed by atoms with Crippen molar-refractivity contribution in [3.63, 3.8) is 0 Å². The number of carbonyl (C=O) groups is 1. The van der Waals surface area contributed by atoms with Gasteiger partial charge in [0.05, 0.1) is 6.20 Å². The summed E-state index contributed by atoms with van der Waals surface area (Å²) in [6.07, 6.45) is 6.88. The van der Waals surface area contributed by atoms with Crippen molar-refractivity contribution in [1.82, 2.24) is 20.8 Å². The highest BCUT2D eigenvalue weighted by molar-refractivity contribution is 5.67. The lowest BCUT2D eigenvalue weighted by atomic mass is 10.0. The van der Waals surface area contributed by atoms with Gasteiger partial charge in [0.15, 0.2) is 0 Å². The van der Waals surface area contributed by atoms with E-state index in [9.17, 15) is 4.79 Å². The molecule has 2 unspecified atom stereocenters. The van der Waals surface area contributed by atoms with E-state index >= 15 is 0 Å². The minimum absolute atomic E-state index is 0.331. The largest absolute Gasteiger partial charge is 0.444 e. The number of alkyl carbamates (subject to hydrolysis) is 1. The minimum atomic E-state index is -0.446. The summed E-state index contributed by atoms with van der Waals surface area (Å²) in [6.45, 7) is 7.09. The molecule has 0 saturated heterocycles. The van der Waals surface area contributed by atoms with Gasteiger partial charge in [0, 0.05) is 30.9 Å². The molecule has 1 aromatic rings. The molecular formula is C15H26N4O2. The van der Waals surface area contributed by atoms with Gasteiger partial charge in [0.25, 0.3) is 0 Å². The van der Waals surface area contributed by atoms with Gasteiger partial charge in [-0.2, -0.15) is 5.10 Å². The highest BCUT2D eigenvalue weighted by Gasteiger charge is 2.27. The van der Waals surface area contributed by atoms with Gasteiger partial charge in [0.1, 0.15) is 5.60 Å². The summed E-state index contributed by atoms with van der Waals surface area (Å²) in [5.41, 5.74) is 0.708. The van der Waals surface area contributed by atoms with Crippen LogP contribution >= 0.6 is 0 Å². The van der Waals surface area contributed by atoms with E-state index in [4.69, 9.17) is 4.74 Å². The lowest BCUT2D eigenvalue weighted by Gasteiger charge is -2.23. The molecule has 2 atom stereocenters. The molecule has 1 aromatic heterocycles. The van der Waals surface area contributed by atoms with Gasteiger partial charge in [0.2, 0.25) is 0 Å². The molecule has 0 aromatic carbocycles. The van der Waals surface area contributed by atoms with Crippen molar-refractivity contribution in [2.45, 2.75) is 58.2 Å². The van der Waals surface area contributed by atoms with Gasteiger partial charge < -0.3 is 15.4 Å². The first kappa shape index (κ1) is 15.8. The summed E-state index contributed by atoms with van der Waals surface area (Å²) in [6, 6.07) is 0.440. The summed E-state index contributed by atoms with van der Waals surface area (Å²) in [5.74, 6) is 0.462. The van der Waals surface area contributed by atoms with Gasteiger partial charge in [-0.25, -0.2) is 4.79 Å². The van der Waals surface area contributed by atoms with Gasteiger partial charge in [-0.1, -0.05) is 6.42 Å². The van der Waals surface area contributed by atoms with Crippen LogP contribution in [-0.4, -0.2) is 34.5 Å². The molecule has 1 aliphatic carbocycles. The predicted molar refractivity (Wildman–Crippen MR) is 80.8 cm³/mol. The molecule has 1 aliphatic rings. The zero-order valence-electron chi connectivity index (χ0n) is 13.1. The number of nitrogens with one attached hydrogen (secondary N) is 3. The zero-order valence-corrected chi connectivity index (χ0v) is 13.1. The molecule has 0 aliphatic heterocycles. The molecule has 1 saturated carbocycles. The van der Waals surface area contributed by atoms with E-state index in [1.807, 2.05) is 33.2 Å². The summed E-state index contributed by atoms with van der Waals surface area (Å²) < 4.78 is 5.27. The van der Waals surface area contributed by atoms with Gasteiger partial charge in [-0.3, -0.25) is 5.10 Å². The Morgan fingerprint density at radius 3 is 2.95 bits per heavy atom. The number of hydrogen-bond donors (Lipinski definition) is 3. The Labute approximate surface area is 126 Å². The van der Waals surface area contributed by atoms with Crippen molar-refractivity contribution in [3.05, 3.63) is 18.0 Å². The number of carbonyl (C=O) groups excluding carboxylic acids is 1. The molecule has 0 spiro atoms. The normalized spacial score (nSPS) is 22.2. The summed E-state index contributed by atoms with van der Waals surface area (Å²) in [5, 5.41) is 13.2. The maximum absolute atomic E-state index is 11.7. The molecule has 6 nitrogen and oxygen atoms in total. The molecule has 0 bridgehead atoms. The summed E-state index contributed by atoms with van der Waals surface area (Å²) >= 11 is 0. The van der Waals surface area contributed by atoms with E-state index in [-0.39, 0.29) is 6.09 Å². The van der Waals surface area contributed by atoms with Crippen LogP contribution in [0.5, 0.6) is 0 Å². The Bertz CT molecular complexity index is 439. The van der Waals surface area contributed by atoms with Crippen molar-refractivity contribution >= 4 is 6.09 Å². The highest BCUT2D eigenvalue weighted by Crippen LogP contribution is 2.25. The first-order valence-corrected chi connectivity index (χ1v) is 7.62. The first-order valence-electron chi connectivity index (χ1n) is 7.62. The molecule has 1 heterocycles. The van der Waals surface area contributed by atoms with E-state index in [2.05, 4.69) is 20.8 Å². The van der Waals surface area contributed by atoms with Crippen LogP contribution < -0.4 is 10.6 Å². The van der Waals surface area contributed by atoms with Crippen LogP contribution in [0.2, 0.25) is 0 Å². The molecular weight excluding hydrogens is 268 g/mol. The molecule has 3 N–H and O–H groups in total. The third kappa shape index (κ3) is 5.38. The lowest BCUT2D eigenvalue weighted by molar-refractivity contribution is 0.0517. The number of ether oxygens (including phenoxy) is 1. The first-order chi connectivity index (χ1) is 9.94. The van der Waals surface area contributed by atoms with E-state index in [0.717, 1.165) is 24.9 Å². The van der Waals surface area contributed by atoms with Crippen LogP contribution in [0, 0.1) is 5.92 Å². The minimum Gasteiger partial charge on any atom is -0.444 e. The zero-order chi connectivity index (χ0) is 15.3. The fraction of sp³-hybridized carbons (Fsp3) is 0.733. The number of amides is 1. The molecule has 0 radical (unpaired) electrons. The Kier molecular flexibility index (Phi) is 5.22. The lowest BCUT2D eigenvalue weighted by Crippen LogP contribution is -2.40. The number of aromatic amines is 1. The number of aromatic nitrogens is 2. The van der Waals surface area contributed by atoms with Crippen LogP contribution in [0.3, 0.4) is 0 Å².